The van der Waals surface area contributed by atoms with Crippen LogP contribution in [-0.2, 0) is 4.74 Å². The summed E-state index contributed by atoms with van der Waals surface area (Å²) in [5.74, 6) is 5.86. The van der Waals surface area contributed by atoms with E-state index in [9.17, 15) is 4.79 Å². The van der Waals surface area contributed by atoms with Crippen molar-refractivity contribution in [3.8, 4) is 0 Å². The molecule has 0 aliphatic heterocycles. The summed E-state index contributed by atoms with van der Waals surface area (Å²) in [7, 11) is 0. The van der Waals surface area contributed by atoms with Gasteiger partial charge in [0.05, 0.1) is 16.3 Å². The van der Waals surface area contributed by atoms with Crippen LogP contribution in [0.25, 0.3) is 10.2 Å². The van der Waals surface area contributed by atoms with Gasteiger partial charge >= 0.3 is 6.09 Å². The first kappa shape index (κ1) is 16.0. The predicted molar refractivity (Wildman–Crippen MR) is 92.3 cm³/mol. The average Bonchev–Trinajstić information content (AvgIpc) is 2.82. The SMILES string of the molecule is CC(C)(C)OC(=O)N(N)C1CC(Nc2nc3ccccc3s2)C1. The number of rotatable bonds is 3. The lowest BCUT2D eigenvalue weighted by atomic mass is 9.86. The van der Waals surface area contributed by atoms with Gasteiger partial charge < -0.3 is 10.1 Å². The lowest BCUT2D eigenvalue weighted by Crippen LogP contribution is -2.56. The van der Waals surface area contributed by atoms with Gasteiger partial charge in [0.2, 0.25) is 0 Å². The summed E-state index contributed by atoms with van der Waals surface area (Å²) < 4.78 is 6.45. The number of benzene rings is 1. The van der Waals surface area contributed by atoms with E-state index in [-0.39, 0.29) is 12.1 Å². The molecule has 124 valence electrons. The molecular formula is C16H22N4O2S. The van der Waals surface area contributed by atoms with E-state index < -0.39 is 11.7 Å². The number of ether oxygens (including phenoxy) is 1. The van der Waals surface area contributed by atoms with Crippen molar-refractivity contribution < 1.29 is 9.53 Å². The molecule has 0 spiro atoms. The van der Waals surface area contributed by atoms with E-state index in [1.165, 1.54) is 9.71 Å². The molecular weight excluding hydrogens is 312 g/mol. The fourth-order valence-corrected chi connectivity index (χ4v) is 3.45. The largest absolute Gasteiger partial charge is 0.443 e. The van der Waals surface area contributed by atoms with Gasteiger partial charge in [0.25, 0.3) is 0 Å². The number of thiazole rings is 1. The molecule has 1 aromatic carbocycles. The van der Waals surface area contributed by atoms with E-state index in [0.29, 0.717) is 0 Å². The number of aromatic nitrogens is 1. The van der Waals surface area contributed by atoms with Crippen molar-refractivity contribution in [2.45, 2.75) is 51.3 Å². The Kier molecular flexibility index (Phi) is 4.16. The molecule has 1 aliphatic carbocycles. The Bertz CT molecular complexity index is 670. The highest BCUT2D eigenvalue weighted by atomic mass is 32.1. The number of nitrogens with two attached hydrogens (primary N) is 1. The summed E-state index contributed by atoms with van der Waals surface area (Å²) in [4.78, 5) is 16.5. The normalized spacial score (nSPS) is 20.9. The monoisotopic (exact) mass is 334 g/mol. The number of hydrogen-bond donors (Lipinski definition) is 2. The number of anilines is 1. The van der Waals surface area contributed by atoms with Gasteiger partial charge in [-0.25, -0.2) is 20.6 Å². The van der Waals surface area contributed by atoms with Crippen LogP contribution in [-0.4, -0.2) is 33.8 Å². The molecule has 23 heavy (non-hydrogen) atoms. The first-order chi connectivity index (χ1) is 10.8. The van der Waals surface area contributed by atoms with E-state index in [2.05, 4.69) is 16.4 Å². The Labute approximate surface area is 139 Å². The van der Waals surface area contributed by atoms with Crippen molar-refractivity contribution >= 4 is 32.8 Å². The molecule has 1 saturated carbocycles. The lowest BCUT2D eigenvalue weighted by Gasteiger charge is -2.40. The van der Waals surface area contributed by atoms with Gasteiger partial charge in [-0.2, -0.15) is 0 Å². The Hall–Kier alpha value is -1.86. The van der Waals surface area contributed by atoms with Crippen LogP contribution in [0, 0.1) is 0 Å². The highest BCUT2D eigenvalue weighted by molar-refractivity contribution is 7.22. The van der Waals surface area contributed by atoms with Crippen LogP contribution < -0.4 is 11.2 Å². The molecule has 0 saturated heterocycles. The molecule has 2 aromatic rings. The smallest absolute Gasteiger partial charge is 0.424 e. The molecule has 6 nitrogen and oxygen atoms in total. The average molecular weight is 334 g/mol. The van der Waals surface area contributed by atoms with Crippen LogP contribution >= 0.6 is 11.3 Å². The molecule has 3 rings (SSSR count). The van der Waals surface area contributed by atoms with Gasteiger partial charge in [-0.15, -0.1) is 0 Å². The van der Waals surface area contributed by atoms with Crippen molar-refractivity contribution in [2.24, 2.45) is 5.84 Å². The second-order valence-corrected chi connectivity index (χ2v) is 7.87. The zero-order valence-corrected chi connectivity index (χ0v) is 14.4. The number of nitrogens with zero attached hydrogens (tertiary/aromatic N) is 2. The minimum atomic E-state index is -0.531. The number of fused-ring (bicyclic) bond motifs is 1. The third-order valence-electron chi connectivity index (χ3n) is 3.73. The highest BCUT2D eigenvalue weighted by Gasteiger charge is 2.37. The molecule has 1 aromatic heterocycles. The number of carbonyl (C=O) groups is 1. The first-order valence-corrected chi connectivity index (χ1v) is 8.52. The zero-order chi connectivity index (χ0) is 16.6. The minimum absolute atomic E-state index is 0.0109. The fraction of sp³-hybridized carbons (Fsp3) is 0.500. The van der Waals surface area contributed by atoms with Crippen molar-refractivity contribution in [3.63, 3.8) is 0 Å². The second kappa shape index (κ2) is 5.98. The third-order valence-corrected chi connectivity index (χ3v) is 4.70. The maximum Gasteiger partial charge on any atom is 0.424 e. The van der Waals surface area contributed by atoms with E-state index in [1.807, 2.05) is 39.0 Å². The summed E-state index contributed by atoms with van der Waals surface area (Å²) in [5, 5.41) is 5.54. The van der Waals surface area contributed by atoms with Crippen molar-refractivity contribution in [1.29, 1.82) is 0 Å². The van der Waals surface area contributed by atoms with Gasteiger partial charge in [-0.05, 0) is 45.7 Å². The number of carbonyl (C=O) groups excluding carboxylic acids is 1. The van der Waals surface area contributed by atoms with Crippen molar-refractivity contribution in [3.05, 3.63) is 24.3 Å². The molecule has 0 bridgehead atoms. The molecule has 1 aliphatic rings. The van der Waals surface area contributed by atoms with Crippen LogP contribution in [0.5, 0.6) is 0 Å². The molecule has 1 heterocycles. The van der Waals surface area contributed by atoms with Gasteiger partial charge in [0.1, 0.15) is 5.60 Å². The maximum atomic E-state index is 11.9. The van der Waals surface area contributed by atoms with Gasteiger partial charge in [-0.3, -0.25) is 0 Å². The summed E-state index contributed by atoms with van der Waals surface area (Å²) in [6.45, 7) is 5.49. The number of nitrogens with one attached hydrogen (secondary N) is 1. The molecule has 0 radical (unpaired) electrons. The molecule has 1 fully saturated rings. The number of amides is 1. The van der Waals surface area contributed by atoms with E-state index in [0.717, 1.165) is 23.5 Å². The van der Waals surface area contributed by atoms with Crippen molar-refractivity contribution in [2.75, 3.05) is 5.32 Å². The predicted octanol–water partition coefficient (Wildman–Crippen LogP) is 3.35. The molecule has 7 heteroatoms. The second-order valence-electron chi connectivity index (χ2n) is 6.84. The number of hydrazine groups is 1. The van der Waals surface area contributed by atoms with E-state index in [1.54, 1.807) is 11.3 Å². The summed E-state index contributed by atoms with van der Waals surface area (Å²) >= 11 is 1.64. The topological polar surface area (TPSA) is 80.5 Å². The lowest BCUT2D eigenvalue weighted by molar-refractivity contribution is 0.00528. The molecule has 3 N–H and O–H groups in total. The van der Waals surface area contributed by atoms with Gasteiger partial charge in [0, 0.05) is 6.04 Å². The quantitative estimate of drug-likeness (QED) is 0.511. The molecule has 1 amide bonds. The van der Waals surface area contributed by atoms with Crippen LogP contribution in [0.15, 0.2) is 24.3 Å². The Morgan fingerprint density at radius 2 is 2.09 bits per heavy atom. The van der Waals surface area contributed by atoms with Crippen LogP contribution in [0.2, 0.25) is 0 Å². The summed E-state index contributed by atoms with van der Waals surface area (Å²) in [6.07, 6.45) is 1.12. The third kappa shape index (κ3) is 3.73. The Morgan fingerprint density at radius 3 is 2.74 bits per heavy atom. The van der Waals surface area contributed by atoms with Crippen LogP contribution in [0.3, 0.4) is 0 Å². The zero-order valence-electron chi connectivity index (χ0n) is 13.6. The summed E-state index contributed by atoms with van der Waals surface area (Å²) in [6, 6.07) is 8.36. The van der Waals surface area contributed by atoms with Gasteiger partial charge in [0.15, 0.2) is 5.13 Å². The van der Waals surface area contributed by atoms with Crippen LogP contribution in [0.4, 0.5) is 9.93 Å². The number of hydrogen-bond acceptors (Lipinski definition) is 6. The maximum absolute atomic E-state index is 11.9. The molecule has 0 unspecified atom stereocenters. The minimum Gasteiger partial charge on any atom is -0.443 e. The van der Waals surface area contributed by atoms with Gasteiger partial charge in [-0.1, -0.05) is 23.5 Å². The Morgan fingerprint density at radius 1 is 1.39 bits per heavy atom. The van der Waals surface area contributed by atoms with Crippen molar-refractivity contribution in [1.82, 2.24) is 9.99 Å². The van der Waals surface area contributed by atoms with E-state index in [4.69, 9.17) is 10.6 Å². The Balaban J connectivity index is 1.51. The number of para-hydroxylation sites is 1. The van der Waals surface area contributed by atoms with E-state index >= 15 is 0 Å². The fourth-order valence-electron chi connectivity index (χ4n) is 2.51. The highest BCUT2D eigenvalue weighted by Crippen LogP contribution is 2.31. The molecule has 0 atom stereocenters. The standard InChI is InChI=1S/C16H22N4O2S/c1-16(2,3)22-15(21)20(17)11-8-10(9-11)18-14-19-12-6-4-5-7-13(12)23-14/h4-7,10-11H,8-9,17H2,1-3H3,(H,18,19). The summed E-state index contributed by atoms with van der Waals surface area (Å²) in [5.41, 5.74) is 0.474. The first-order valence-electron chi connectivity index (χ1n) is 7.71. The van der Waals surface area contributed by atoms with Crippen LogP contribution in [0.1, 0.15) is 33.6 Å².